The lowest BCUT2D eigenvalue weighted by molar-refractivity contribution is -0.0624. The second kappa shape index (κ2) is 5.83. The van der Waals surface area contributed by atoms with Crippen LogP contribution in [-0.4, -0.2) is 50.0 Å². The van der Waals surface area contributed by atoms with Gasteiger partial charge >= 0.3 is 0 Å². The van der Waals surface area contributed by atoms with Crippen LogP contribution >= 0.6 is 0 Å². The van der Waals surface area contributed by atoms with Crippen LogP contribution in [0.4, 0.5) is 0 Å². The normalized spacial score (nSPS) is 34.2. The van der Waals surface area contributed by atoms with Crippen molar-refractivity contribution in [3.8, 4) is 0 Å². The Bertz CT molecular complexity index is 168. The van der Waals surface area contributed by atoms with Gasteiger partial charge in [-0.25, -0.2) is 0 Å². The van der Waals surface area contributed by atoms with Gasteiger partial charge in [-0.1, -0.05) is 12.8 Å². The molecule has 0 radical (unpaired) electrons. The lowest BCUT2D eigenvalue weighted by Gasteiger charge is -2.41. The van der Waals surface area contributed by atoms with E-state index in [0.29, 0.717) is 12.1 Å². The quantitative estimate of drug-likeness (QED) is 0.712. The van der Waals surface area contributed by atoms with Crippen LogP contribution in [0, 0.1) is 0 Å². The number of ether oxygens (including phenoxy) is 2. The fraction of sp³-hybridized carbons (Fsp3) is 1.00. The summed E-state index contributed by atoms with van der Waals surface area (Å²) in [5.41, 5.74) is 0. The largest absolute Gasteiger partial charge is 0.379 e. The van der Waals surface area contributed by atoms with Gasteiger partial charge in [0.05, 0.1) is 19.3 Å². The molecule has 1 saturated carbocycles. The first kappa shape index (κ1) is 11.4. The number of hydrogen-bond donors (Lipinski definition) is 0. The van der Waals surface area contributed by atoms with Crippen LogP contribution in [0.3, 0.4) is 0 Å². The molecule has 2 fully saturated rings. The number of nitrogens with zero attached hydrogens (tertiary/aromatic N) is 1. The average molecular weight is 213 g/mol. The summed E-state index contributed by atoms with van der Waals surface area (Å²) in [4.78, 5) is 2.57. The van der Waals surface area contributed by atoms with E-state index in [1.54, 1.807) is 0 Å². The molecule has 88 valence electrons. The molecule has 2 unspecified atom stereocenters. The lowest BCUT2D eigenvalue weighted by atomic mass is 9.91. The van der Waals surface area contributed by atoms with Gasteiger partial charge in [0.1, 0.15) is 0 Å². The van der Waals surface area contributed by atoms with Crippen molar-refractivity contribution < 1.29 is 9.47 Å². The summed E-state index contributed by atoms with van der Waals surface area (Å²) in [6, 6.07) is 0.655. The standard InChI is InChI=1S/C12H23NO2/c1-2-15-12-6-4-3-5-11(12)13-7-9-14-10-8-13/h11-12H,2-10H2,1H3. The third-order valence-corrected chi connectivity index (χ3v) is 3.56. The van der Waals surface area contributed by atoms with E-state index in [1.807, 2.05) is 0 Å². The van der Waals surface area contributed by atoms with E-state index in [0.717, 1.165) is 32.9 Å². The van der Waals surface area contributed by atoms with E-state index in [-0.39, 0.29) is 0 Å². The molecule has 2 aliphatic rings. The monoisotopic (exact) mass is 213 g/mol. The summed E-state index contributed by atoms with van der Waals surface area (Å²) in [5.74, 6) is 0. The van der Waals surface area contributed by atoms with Crippen molar-refractivity contribution in [1.29, 1.82) is 0 Å². The zero-order chi connectivity index (χ0) is 10.5. The summed E-state index contributed by atoms with van der Waals surface area (Å²) in [6.07, 6.45) is 5.74. The van der Waals surface area contributed by atoms with Crippen LogP contribution in [0.5, 0.6) is 0 Å². The minimum atomic E-state index is 0.474. The molecule has 0 spiro atoms. The van der Waals surface area contributed by atoms with E-state index in [2.05, 4.69) is 11.8 Å². The van der Waals surface area contributed by atoms with Gasteiger partial charge in [-0.05, 0) is 19.8 Å². The predicted octanol–water partition coefficient (Wildman–Crippen LogP) is 1.67. The first-order valence-electron chi connectivity index (χ1n) is 6.35. The highest BCUT2D eigenvalue weighted by Gasteiger charge is 2.31. The van der Waals surface area contributed by atoms with Gasteiger partial charge in [0.2, 0.25) is 0 Å². The molecular formula is C12H23NO2. The van der Waals surface area contributed by atoms with Crippen LogP contribution < -0.4 is 0 Å². The zero-order valence-electron chi connectivity index (χ0n) is 9.78. The molecule has 0 bridgehead atoms. The molecule has 0 aromatic carbocycles. The molecule has 1 saturated heterocycles. The van der Waals surface area contributed by atoms with Crippen molar-refractivity contribution in [3.05, 3.63) is 0 Å². The Morgan fingerprint density at radius 1 is 1.20 bits per heavy atom. The van der Waals surface area contributed by atoms with Crippen molar-refractivity contribution in [2.45, 2.75) is 44.8 Å². The maximum absolute atomic E-state index is 5.87. The van der Waals surface area contributed by atoms with Crippen LogP contribution in [0.15, 0.2) is 0 Å². The Balaban J connectivity index is 1.90. The highest BCUT2D eigenvalue weighted by Crippen LogP contribution is 2.26. The van der Waals surface area contributed by atoms with E-state index >= 15 is 0 Å². The van der Waals surface area contributed by atoms with E-state index in [1.165, 1.54) is 25.7 Å². The minimum Gasteiger partial charge on any atom is -0.379 e. The molecule has 0 aromatic rings. The molecule has 1 aliphatic heterocycles. The number of hydrogen-bond acceptors (Lipinski definition) is 3. The fourth-order valence-corrected chi connectivity index (χ4v) is 2.81. The maximum Gasteiger partial charge on any atom is 0.0730 e. The summed E-state index contributed by atoms with van der Waals surface area (Å²) < 4.78 is 11.3. The van der Waals surface area contributed by atoms with Crippen molar-refractivity contribution in [3.63, 3.8) is 0 Å². The van der Waals surface area contributed by atoms with Crippen molar-refractivity contribution >= 4 is 0 Å². The topological polar surface area (TPSA) is 21.7 Å². The highest BCUT2D eigenvalue weighted by molar-refractivity contribution is 4.85. The summed E-state index contributed by atoms with van der Waals surface area (Å²) in [7, 11) is 0. The van der Waals surface area contributed by atoms with Crippen molar-refractivity contribution in [2.75, 3.05) is 32.9 Å². The Hall–Kier alpha value is -0.120. The fourth-order valence-electron chi connectivity index (χ4n) is 2.81. The smallest absolute Gasteiger partial charge is 0.0730 e. The zero-order valence-corrected chi connectivity index (χ0v) is 9.78. The molecule has 1 heterocycles. The van der Waals surface area contributed by atoms with Gasteiger partial charge in [-0.3, -0.25) is 4.90 Å². The average Bonchev–Trinajstić information content (AvgIpc) is 2.31. The third-order valence-electron chi connectivity index (χ3n) is 3.56. The Labute approximate surface area is 92.7 Å². The molecule has 15 heavy (non-hydrogen) atoms. The van der Waals surface area contributed by atoms with Gasteiger partial charge in [0.15, 0.2) is 0 Å². The van der Waals surface area contributed by atoms with Crippen molar-refractivity contribution in [1.82, 2.24) is 4.90 Å². The SMILES string of the molecule is CCOC1CCCCC1N1CCOCC1. The summed E-state index contributed by atoms with van der Waals surface area (Å²) in [5, 5.41) is 0. The Morgan fingerprint density at radius 2 is 1.93 bits per heavy atom. The molecule has 3 heteroatoms. The molecule has 0 aromatic heterocycles. The summed E-state index contributed by atoms with van der Waals surface area (Å²) in [6.45, 7) is 6.93. The van der Waals surface area contributed by atoms with Gasteiger partial charge in [-0.2, -0.15) is 0 Å². The number of morpholine rings is 1. The third kappa shape index (κ3) is 2.92. The molecular weight excluding hydrogens is 190 g/mol. The molecule has 2 rings (SSSR count). The van der Waals surface area contributed by atoms with Crippen LogP contribution in [0.1, 0.15) is 32.6 Å². The van der Waals surface area contributed by atoms with E-state index in [4.69, 9.17) is 9.47 Å². The predicted molar refractivity (Wildman–Crippen MR) is 60.1 cm³/mol. The van der Waals surface area contributed by atoms with E-state index in [9.17, 15) is 0 Å². The molecule has 1 aliphatic carbocycles. The highest BCUT2D eigenvalue weighted by atomic mass is 16.5. The van der Waals surface area contributed by atoms with E-state index < -0.39 is 0 Å². The Morgan fingerprint density at radius 3 is 2.67 bits per heavy atom. The lowest BCUT2D eigenvalue weighted by Crippen LogP contribution is -2.51. The molecule has 0 amide bonds. The first-order valence-corrected chi connectivity index (χ1v) is 6.35. The maximum atomic E-state index is 5.87. The van der Waals surface area contributed by atoms with Crippen LogP contribution in [-0.2, 0) is 9.47 Å². The van der Waals surface area contributed by atoms with Crippen molar-refractivity contribution in [2.24, 2.45) is 0 Å². The van der Waals surface area contributed by atoms with Crippen LogP contribution in [0.25, 0.3) is 0 Å². The second-order valence-corrected chi connectivity index (χ2v) is 4.49. The second-order valence-electron chi connectivity index (χ2n) is 4.49. The van der Waals surface area contributed by atoms with Gasteiger partial charge in [0.25, 0.3) is 0 Å². The molecule has 0 N–H and O–H groups in total. The van der Waals surface area contributed by atoms with Crippen LogP contribution in [0.2, 0.25) is 0 Å². The van der Waals surface area contributed by atoms with Gasteiger partial charge in [0, 0.05) is 25.7 Å². The Kier molecular flexibility index (Phi) is 4.42. The molecule has 3 nitrogen and oxygen atoms in total. The number of rotatable bonds is 3. The van der Waals surface area contributed by atoms with Gasteiger partial charge < -0.3 is 9.47 Å². The minimum absolute atomic E-state index is 0.474. The molecule has 2 atom stereocenters. The first-order chi connectivity index (χ1) is 7.42. The summed E-state index contributed by atoms with van der Waals surface area (Å²) >= 11 is 0. The van der Waals surface area contributed by atoms with Gasteiger partial charge in [-0.15, -0.1) is 0 Å².